The van der Waals surface area contributed by atoms with Gasteiger partial charge in [0.2, 0.25) is 5.91 Å². The Morgan fingerprint density at radius 2 is 2.00 bits per heavy atom. The predicted molar refractivity (Wildman–Crippen MR) is 63.9 cm³/mol. The van der Waals surface area contributed by atoms with E-state index in [1.807, 2.05) is 7.05 Å². The van der Waals surface area contributed by atoms with Crippen LogP contribution in [0, 0.1) is 0 Å². The van der Waals surface area contributed by atoms with E-state index in [-0.39, 0.29) is 17.4 Å². The van der Waals surface area contributed by atoms with Crippen LogP contribution in [0.25, 0.3) is 0 Å². The van der Waals surface area contributed by atoms with Crippen molar-refractivity contribution in [3.63, 3.8) is 0 Å². The topological polar surface area (TPSA) is 46.1 Å². The largest absolute Gasteiger partial charge is 0.340 e. The summed E-state index contributed by atoms with van der Waals surface area (Å²) in [6.07, 6.45) is 4.13. The van der Waals surface area contributed by atoms with Gasteiger partial charge in [-0.05, 0) is 36.2 Å². The van der Waals surface area contributed by atoms with Gasteiger partial charge in [-0.15, -0.1) is 0 Å². The Morgan fingerprint density at radius 3 is 2.44 bits per heavy atom. The average Bonchev–Trinajstić information content (AvgIpc) is 2.44. The maximum absolute atomic E-state index is 12.0. The molecule has 0 aliphatic carbocycles. The zero-order valence-corrected chi connectivity index (χ0v) is 11.2. The first kappa shape index (κ1) is 11.5. The molecule has 86 valence electrons. The molecule has 1 unspecified atom stereocenters. The van der Waals surface area contributed by atoms with Crippen LogP contribution in [0.3, 0.4) is 0 Å². The van der Waals surface area contributed by atoms with Gasteiger partial charge < -0.3 is 4.90 Å². The van der Waals surface area contributed by atoms with Gasteiger partial charge in [-0.3, -0.25) is 4.79 Å². The zero-order valence-electron chi connectivity index (χ0n) is 9.57. The normalized spacial score (nSPS) is 23.9. The maximum Gasteiger partial charge on any atom is 0.233 e. The van der Waals surface area contributed by atoms with Gasteiger partial charge in [-0.25, -0.2) is 9.97 Å². The monoisotopic (exact) mass is 283 g/mol. The Bertz CT molecular complexity index is 416. The van der Waals surface area contributed by atoms with Crippen molar-refractivity contribution in [2.75, 3.05) is 7.05 Å². The molecule has 0 saturated carbocycles. The van der Waals surface area contributed by atoms with Gasteiger partial charge in [0.25, 0.3) is 0 Å². The number of amides is 1. The average molecular weight is 284 g/mol. The zero-order chi connectivity index (χ0) is 11.9. The molecule has 16 heavy (non-hydrogen) atoms. The van der Waals surface area contributed by atoms with Crippen molar-refractivity contribution in [3.05, 3.63) is 22.7 Å². The minimum absolute atomic E-state index is 0.104. The molecule has 4 nitrogen and oxygen atoms in total. The summed E-state index contributed by atoms with van der Waals surface area (Å²) in [5, 5.41) is 0. The van der Waals surface area contributed by atoms with Gasteiger partial charge in [0.1, 0.15) is 11.7 Å². The SMILES string of the molecule is CN1C(=O)C(c2ncc(Br)cn2)CC1(C)C. The molecular formula is C11H14BrN3O. The molecule has 2 heterocycles. The fraction of sp³-hybridized carbons (Fsp3) is 0.545. The predicted octanol–water partition coefficient (Wildman–Crippen LogP) is 1.96. The smallest absolute Gasteiger partial charge is 0.233 e. The Balaban J connectivity index is 2.30. The summed E-state index contributed by atoms with van der Waals surface area (Å²) >= 11 is 3.28. The highest BCUT2D eigenvalue weighted by Crippen LogP contribution is 2.37. The lowest BCUT2D eigenvalue weighted by molar-refractivity contribution is -0.130. The summed E-state index contributed by atoms with van der Waals surface area (Å²) in [6, 6.07) is 0. The number of nitrogens with zero attached hydrogens (tertiary/aromatic N) is 3. The number of carbonyl (C=O) groups excluding carboxylic acids is 1. The van der Waals surface area contributed by atoms with E-state index < -0.39 is 0 Å². The lowest BCUT2D eigenvalue weighted by Gasteiger charge is -2.26. The summed E-state index contributed by atoms with van der Waals surface area (Å²) in [5.41, 5.74) is -0.113. The Hall–Kier alpha value is -0.970. The third-order valence-electron chi connectivity index (χ3n) is 3.19. The van der Waals surface area contributed by atoms with Crippen LogP contribution in [0.15, 0.2) is 16.9 Å². The first-order valence-electron chi connectivity index (χ1n) is 5.17. The standard InChI is InChI=1S/C11H14BrN3O/c1-11(2)4-8(10(16)15(11)3)9-13-5-7(12)6-14-9/h5-6,8H,4H2,1-3H3. The molecule has 1 atom stereocenters. The minimum Gasteiger partial charge on any atom is -0.340 e. The van der Waals surface area contributed by atoms with E-state index in [0.29, 0.717) is 5.82 Å². The van der Waals surface area contributed by atoms with Crippen LogP contribution in [0.4, 0.5) is 0 Å². The number of hydrogen-bond donors (Lipinski definition) is 0. The van der Waals surface area contributed by atoms with Crippen molar-refractivity contribution in [2.24, 2.45) is 0 Å². The summed E-state index contributed by atoms with van der Waals surface area (Å²) < 4.78 is 0.828. The van der Waals surface area contributed by atoms with Crippen LogP contribution in [-0.2, 0) is 4.79 Å². The van der Waals surface area contributed by atoms with Gasteiger partial charge in [0.15, 0.2) is 0 Å². The fourth-order valence-electron chi connectivity index (χ4n) is 1.96. The number of carbonyl (C=O) groups is 1. The molecule has 1 fully saturated rings. The van der Waals surface area contributed by atoms with Crippen LogP contribution in [0.5, 0.6) is 0 Å². The molecule has 0 spiro atoms. The third kappa shape index (κ3) is 1.84. The van der Waals surface area contributed by atoms with Gasteiger partial charge in [0.05, 0.1) is 4.47 Å². The van der Waals surface area contributed by atoms with Crippen molar-refractivity contribution in [2.45, 2.75) is 31.7 Å². The number of rotatable bonds is 1. The molecule has 0 radical (unpaired) electrons. The molecule has 1 saturated heterocycles. The second kappa shape index (κ2) is 3.80. The molecule has 1 aliphatic heterocycles. The summed E-state index contributed by atoms with van der Waals surface area (Å²) in [7, 11) is 1.83. The first-order valence-corrected chi connectivity index (χ1v) is 5.96. The maximum atomic E-state index is 12.0. The molecule has 0 N–H and O–H groups in total. The summed E-state index contributed by atoms with van der Waals surface area (Å²) in [6.45, 7) is 4.12. The molecule has 2 rings (SSSR count). The van der Waals surface area contributed by atoms with E-state index in [0.717, 1.165) is 10.9 Å². The van der Waals surface area contributed by atoms with E-state index >= 15 is 0 Å². The number of aromatic nitrogens is 2. The van der Waals surface area contributed by atoms with Crippen molar-refractivity contribution < 1.29 is 4.79 Å². The second-order valence-corrected chi connectivity index (χ2v) is 5.64. The summed E-state index contributed by atoms with van der Waals surface area (Å²) in [4.78, 5) is 22.2. The molecule has 5 heteroatoms. The van der Waals surface area contributed by atoms with Crippen molar-refractivity contribution in [1.29, 1.82) is 0 Å². The quantitative estimate of drug-likeness (QED) is 0.792. The van der Waals surface area contributed by atoms with Gasteiger partial charge in [-0.1, -0.05) is 0 Å². The van der Waals surface area contributed by atoms with Crippen molar-refractivity contribution in [1.82, 2.24) is 14.9 Å². The van der Waals surface area contributed by atoms with Crippen LogP contribution >= 0.6 is 15.9 Å². The van der Waals surface area contributed by atoms with Crippen LogP contribution in [0.1, 0.15) is 32.0 Å². The first-order chi connectivity index (χ1) is 7.42. The van der Waals surface area contributed by atoms with E-state index in [4.69, 9.17) is 0 Å². The Morgan fingerprint density at radius 1 is 1.44 bits per heavy atom. The highest BCUT2D eigenvalue weighted by Gasteiger charge is 2.44. The minimum atomic E-state index is -0.201. The number of halogens is 1. The highest BCUT2D eigenvalue weighted by molar-refractivity contribution is 9.10. The lowest BCUT2D eigenvalue weighted by Crippen LogP contribution is -2.37. The molecule has 1 aromatic rings. The van der Waals surface area contributed by atoms with Crippen molar-refractivity contribution in [3.8, 4) is 0 Å². The molecule has 0 aromatic carbocycles. The second-order valence-electron chi connectivity index (χ2n) is 4.73. The van der Waals surface area contributed by atoms with Crippen LogP contribution < -0.4 is 0 Å². The van der Waals surface area contributed by atoms with Gasteiger partial charge in [0, 0.05) is 25.0 Å². The van der Waals surface area contributed by atoms with E-state index in [1.165, 1.54) is 0 Å². The Kier molecular flexibility index (Phi) is 2.74. The van der Waals surface area contributed by atoms with E-state index in [2.05, 4.69) is 39.7 Å². The Labute approximate surface area is 103 Å². The van der Waals surface area contributed by atoms with Crippen LogP contribution in [-0.4, -0.2) is 33.4 Å². The van der Waals surface area contributed by atoms with Crippen LogP contribution in [0.2, 0.25) is 0 Å². The number of likely N-dealkylation sites (N-methyl/N-ethyl adjacent to an activating group) is 1. The van der Waals surface area contributed by atoms with Gasteiger partial charge >= 0.3 is 0 Å². The molecule has 1 amide bonds. The molecule has 1 aromatic heterocycles. The highest BCUT2D eigenvalue weighted by atomic mass is 79.9. The van der Waals surface area contributed by atoms with Gasteiger partial charge in [-0.2, -0.15) is 0 Å². The van der Waals surface area contributed by atoms with E-state index in [1.54, 1.807) is 17.3 Å². The molecule has 0 bridgehead atoms. The number of likely N-dealkylation sites (tertiary alicyclic amines) is 1. The molecular weight excluding hydrogens is 270 g/mol. The molecule has 1 aliphatic rings. The number of hydrogen-bond acceptors (Lipinski definition) is 3. The third-order valence-corrected chi connectivity index (χ3v) is 3.60. The summed E-state index contributed by atoms with van der Waals surface area (Å²) in [5.74, 6) is 0.519. The van der Waals surface area contributed by atoms with E-state index in [9.17, 15) is 4.79 Å². The van der Waals surface area contributed by atoms with Crippen molar-refractivity contribution >= 4 is 21.8 Å². The fourth-order valence-corrected chi connectivity index (χ4v) is 2.16. The lowest BCUT2D eigenvalue weighted by atomic mass is 9.96.